The molecule has 4 nitrogen and oxygen atoms in total. The molecule has 0 spiro atoms. The Balaban J connectivity index is 1.69. The molecule has 1 aromatic carbocycles. The minimum atomic E-state index is 0.491. The van der Waals surface area contributed by atoms with Crippen LogP contribution in [0.25, 0.3) is 22.4 Å². The summed E-state index contributed by atoms with van der Waals surface area (Å²) in [6, 6.07) is 13.2. The highest BCUT2D eigenvalue weighted by atomic mass is 35.5. The second-order valence-electron chi connectivity index (χ2n) is 8.33. The van der Waals surface area contributed by atoms with Gasteiger partial charge >= 0.3 is 0 Å². The minimum absolute atomic E-state index is 0.491. The van der Waals surface area contributed by atoms with Crippen molar-refractivity contribution in [2.75, 3.05) is 0 Å². The first-order valence-electron chi connectivity index (χ1n) is 10.6. The zero-order chi connectivity index (χ0) is 20.2. The number of rotatable bonds is 5. The summed E-state index contributed by atoms with van der Waals surface area (Å²) in [5, 5.41) is 12.6. The first-order chi connectivity index (χ1) is 14.1. The normalized spacial score (nSPS) is 20.0. The van der Waals surface area contributed by atoms with E-state index in [-0.39, 0.29) is 0 Å². The number of aromatic amines is 1. The molecule has 152 valence electrons. The number of halogens is 1. The Morgan fingerprint density at radius 3 is 2.45 bits per heavy atom. The van der Waals surface area contributed by atoms with Gasteiger partial charge in [-0.05, 0) is 55.5 Å². The molecular weight excluding hydrogens is 380 g/mol. The van der Waals surface area contributed by atoms with E-state index in [0.717, 1.165) is 21.8 Å². The largest absolute Gasteiger partial charge is 0.312 e. The molecule has 0 aliphatic heterocycles. The summed E-state index contributed by atoms with van der Waals surface area (Å²) in [6.45, 7) is 4.47. The molecule has 2 aromatic heterocycles. The highest BCUT2D eigenvalue weighted by Gasteiger charge is 2.26. The summed E-state index contributed by atoms with van der Waals surface area (Å²) in [6.07, 6.45) is 9.76. The van der Waals surface area contributed by atoms with E-state index in [4.69, 9.17) is 16.7 Å². The van der Waals surface area contributed by atoms with Gasteiger partial charge in [0.15, 0.2) is 0 Å². The Kier molecular flexibility index (Phi) is 6.31. The lowest BCUT2D eigenvalue weighted by Gasteiger charge is -2.19. The van der Waals surface area contributed by atoms with E-state index >= 15 is 0 Å². The van der Waals surface area contributed by atoms with Gasteiger partial charge in [-0.3, -0.25) is 10.1 Å². The molecule has 0 saturated heterocycles. The number of aromatic nitrogens is 3. The number of nitrogens with one attached hydrogen (secondary N) is 2. The molecule has 5 heteroatoms. The number of nitrogens with zero attached hydrogens (tertiary/aromatic N) is 2. The smallest absolute Gasteiger partial charge is 0.100 e. The van der Waals surface area contributed by atoms with Gasteiger partial charge in [-0.2, -0.15) is 5.10 Å². The van der Waals surface area contributed by atoms with Crippen molar-refractivity contribution in [3.05, 3.63) is 59.5 Å². The van der Waals surface area contributed by atoms with E-state index < -0.39 is 0 Å². The molecule has 2 atom stereocenters. The zero-order valence-corrected chi connectivity index (χ0v) is 17.9. The molecule has 29 heavy (non-hydrogen) atoms. The van der Waals surface area contributed by atoms with E-state index in [1.165, 1.54) is 43.4 Å². The standard InChI is InChI=1S/C24H29ClN4/c1-16(2)27-21-5-3-4-18(8-11-21)23-22(17-12-14-26-15-13-17)24(29-28-23)19-6-9-20(25)10-7-19/h6-7,9-10,12-16,18,21,27H,3-5,8,11H2,1-2H3,(H,28,29)/t18?,21-/m0/s1. The number of pyridine rings is 1. The zero-order valence-electron chi connectivity index (χ0n) is 17.2. The van der Waals surface area contributed by atoms with Gasteiger partial charge in [0.2, 0.25) is 0 Å². The third-order valence-corrected chi connectivity index (χ3v) is 6.08. The average molecular weight is 409 g/mol. The molecule has 1 aliphatic rings. The summed E-state index contributed by atoms with van der Waals surface area (Å²) in [7, 11) is 0. The quantitative estimate of drug-likeness (QED) is 0.493. The van der Waals surface area contributed by atoms with Crippen LogP contribution in [0.5, 0.6) is 0 Å². The molecule has 4 rings (SSSR count). The molecule has 0 amide bonds. The van der Waals surface area contributed by atoms with Crippen molar-refractivity contribution < 1.29 is 0 Å². The van der Waals surface area contributed by atoms with Crippen LogP contribution in [0, 0.1) is 0 Å². The second-order valence-corrected chi connectivity index (χ2v) is 8.76. The Bertz CT molecular complexity index is 918. The third-order valence-electron chi connectivity index (χ3n) is 5.83. The van der Waals surface area contributed by atoms with Crippen LogP contribution < -0.4 is 5.32 Å². The predicted octanol–water partition coefficient (Wildman–Crippen LogP) is 6.21. The van der Waals surface area contributed by atoms with Crippen LogP contribution in [-0.2, 0) is 0 Å². The molecule has 2 N–H and O–H groups in total. The molecular formula is C24H29ClN4. The first kappa shape index (κ1) is 20.1. The number of benzene rings is 1. The topological polar surface area (TPSA) is 53.6 Å². The fraction of sp³-hybridized carbons (Fsp3) is 0.417. The van der Waals surface area contributed by atoms with Crippen LogP contribution in [0.1, 0.15) is 57.6 Å². The monoisotopic (exact) mass is 408 g/mol. The Morgan fingerprint density at radius 1 is 0.966 bits per heavy atom. The van der Waals surface area contributed by atoms with Crippen molar-refractivity contribution >= 4 is 11.6 Å². The van der Waals surface area contributed by atoms with Gasteiger partial charge in [-0.15, -0.1) is 0 Å². The molecule has 1 aliphatic carbocycles. The van der Waals surface area contributed by atoms with Gasteiger partial charge in [0.1, 0.15) is 5.69 Å². The van der Waals surface area contributed by atoms with Gasteiger partial charge in [0, 0.05) is 52.2 Å². The van der Waals surface area contributed by atoms with Crippen LogP contribution in [0.3, 0.4) is 0 Å². The van der Waals surface area contributed by atoms with E-state index in [2.05, 4.69) is 41.4 Å². The number of hydrogen-bond donors (Lipinski definition) is 2. The van der Waals surface area contributed by atoms with Crippen molar-refractivity contribution in [3.8, 4) is 22.4 Å². The van der Waals surface area contributed by atoms with Crippen molar-refractivity contribution in [3.63, 3.8) is 0 Å². The van der Waals surface area contributed by atoms with Crippen molar-refractivity contribution in [1.82, 2.24) is 20.5 Å². The number of hydrogen-bond acceptors (Lipinski definition) is 3. The van der Waals surface area contributed by atoms with Crippen molar-refractivity contribution in [1.29, 1.82) is 0 Å². The Hall–Kier alpha value is -2.17. The maximum absolute atomic E-state index is 6.11. The van der Waals surface area contributed by atoms with E-state index in [0.29, 0.717) is 18.0 Å². The van der Waals surface area contributed by atoms with Crippen LogP contribution in [0.4, 0.5) is 0 Å². The van der Waals surface area contributed by atoms with Gasteiger partial charge in [-0.1, -0.05) is 44.0 Å². The second kappa shape index (κ2) is 9.10. The van der Waals surface area contributed by atoms with E-state index in [9.17, 15) is 0 Å². The van der Waals surface area contributed by atoms with Crippen LogP contribution in [-0.4, -0.2) is 27.3 Å². The molecule has 3 aromatic rings. The first-order valence-corrected chi connectivity index (χ1v) is 11.0. The Morgan fingerprint density at radius 2 is 1.72 bits per heavy atom. The molecule has 1 unspecified atom stereocenters. The highest BCUT2D eigenvalue weighted by molar-refractivity contribution is 6.30. The van der Waals surface area contributed by atoms with E-state index in [1.807, 2.05) is 36.7 Å². The fourth-order valence-corrected chi connectivity index (χ4v) is 4.63. The van der Waals surface area contributed by atoms with Crippen LogP contribution in [0.15, 0.2) is 48.8 Å². The maximum Gasteiger partial charge on any atom is 0.100 e. The fourth-order valence-electron chi connectivity index (χ4n) is 4.51. The molecule has 0 bridgehead atoms. The average Bonchev–Trinajstić information content (AvgIpc) is 3.03. The lowest BCUT2D eigenvalue weighted by molar-refractivity contribution is 0.420. The van der Waals surface area contributed by atoms with E-state index in [1.54, 1.807) is 0 Å². The maximum atomic E-state index is 6.11. The predicted molar refractivity (Wildman–Crippen MR) is 120 cm³/mol. The molecule has 1 saturated carbocycles. The summed E-state index contributed by atoms with van der Waals surface area (Å²) in [5.41, 5.74) is 5.69. The summed E-state index contributed by atoms with van der Waals surface area (Å²) in [5.74, 6) is 0.491. The molecule has 0 radical (unpaired) electrons. The van der Waals surface area contributed by atoms with Crippen LogP contribution >= 0.6 is 11.6 Å². The van der Waals surface area contributed by atoms with Gasteiger partial charge in [0.05, 0.1) is 0 Å². The van der Waals surface area contributed by atoms with Crippen molar-refractivity contribution in [2.45, 2.75) is 64.0 Å². The highest BCUT2D eigenvalue weighted by Crippen LogP contribution is 2.41. The van der Waals surface area contributed by atoms with Gasteiger partial charge < -0.3 is 5.32 Å². The summed E-state index contributed by atoms with van der Waals surface area (Å²) < 4.78 is 0. The third kappa shape index (κ3) is 4.71. The number of H-pyrrole nitrogens is 1. The van der Waals surface area contributed by atoms with Gasteiger partial charge in [-0.25, -0.2) is 0 Å². The lowest BCUT2D eigenvalue weighted by atomic mass is 9.89. The Labute approximate surface area is 178 Å². The summed E-state index contributed by atoms with van der Waals surface area (Å²) >= 11 is 6.11. The van der Waals surface area contributed by atoms with Crippen molar-refractivity contribution in [2.24, 2.45) is 0 Å². The molecule has 1 fully saturated rings. The summed E-state index contributed by atoms with van der Waals surface area (Å²) in [4.78, 5) is 4.21. The lowest BCUT2D eigenvalue weighted by Crippen LogP contribution is -2.34. The van der Waals surface area contributed by atoms with Crippen LogP contribution in [0.2, 0.25) is 5.02 Å². The minimum Gasteiger partial charge on any atom is -0.312 e. The molecule has 2 heterocycles. The van der Waals surface area contributed by atoms with Gasteiger partial charge in [0.25, 0.3) is 0 Å². The SMILES string of the molecule is CC(C)N[C@H]1CCCC(c2[nH]nc(-c3ccc(Cl)cc3)c2-c2ccncc2)CC1.